The Labute approximate surface area is 90.5 Å². The molecule has 0 spiro atoms. The molecule has 0 radical (unpaired) electrons. The first-order valence-electron chi connectivity index (χ1n) is 4.84. The first kappa shape index (κ1) is 11.6. The monoisotopic (exact) mass is 207 g/mol. The van der Waals surface area contributed by atoms with Gasteiger partial charge in [-0.15, -0.1) is 0 Å². The van der Waals surface area contributed by atoms with Crippen LogP contribution in [0.4, 0.5) is 0 Å². The Bertz CT molecular complexity index is 348. The van der Waals surface area contributed by atoms with Gasteiger partial charge in [0, 0.05) is 5.56 Å². The van der Waals surface area contributed by atoms with Crippen molar-refractivity contribution in [1.29, 1.82) is 0 Å². The minimum atomic E-state index is 0.590. The normalized spacial score (nSPS) is 9.80. The fourth-order valence-corrected chi connectivity index (χ4v) is 1.49. The molecule has 0 saturated carbocycles. The van der Waals surface area contributed by atoms with Crippen LogP contribution in [0, 0.1) is 0 Å². The molecule has 3 nitrogen and oxygen atoms in total. The van der Waals surface area contributed by atoms with Gasteiger partial charge in [-0.3, -0.25) is 0 Å². The van der Waals surface area contributed by atoms with E-state index in [1.807, 2.05) is 12.1 Å². The highest BCUT2D eigenvalue weighted by Gasteiger charge is 2.08. The second-order valence-corrected chi connectivity index (χ2v) is 3.15. The highest BCUT2D eigenvalue weighted by atomic mass is 16.5. The number of ether oxygens (including phenoxy) is 2. The van der Waals surface area contributed by atoms with E-state index in [4.69, 9.17) is 15.2 Å². The summed E-state index contributed by atoms with van der Waals surface area (Å²) < 4.78 is 10.5. The van der Waals surface area contributed by atoms with Crippen molar-refractivity contribution in [2.45, 2.75) is 6.42 Å². The fraction of sp³-hybridized carbons (Fsp3) is 0.333. The van der Waals surface area contributed by atoms with Gasteiger partial charge in [0.2, 0.25) is 0 Å². The number of rotatable bonds is 5. The molecule has 0 aliphatic rings. The third-order valence-electron chi connectivity index (χ3n) is 2.27. The third-order valence-corrected chi connectivity index (χ3v) is 2.27. The molecule has 2 N–H and O–H groups in total. The van der Waals surface area contributed by atoms with Crippen LogP contribution in [0.3, 0.4) is 0 Å². The van der Waals surface area contributed by atoms with Crippen LogP contribution in [0.15, 0.2) is 18.7 Å². The molecule has 0 amide bonds. The van der Waals surface area contributed by atoms with Gasteiger partial charge in [0.25, 0.3) is 0 Å². The summed E-state index contributed by atoms with van der Waals surface area (Å²) in [6.07, 6.45) is 2.52. The van der Waals surface area contributed by atoms with Gasteiger partial charge in [-0.1, -0.05) is 12.7 Å². The number of benzene rings is 1. The Morgan fingerprint density at radius 1 is 1.27 bits per heavy atom. The Balaban J connectivity index is 3.20. The number of hydrogen-bond acceptors (Lipinski definition) is 3. The van der Waals surface area contributed by atoms with Crippen LogP contribution in [0.2, 0.25) is 0 Å². The Hall–Kier alpha value is -1.48. The highest BCUT2D eigenvalue weighted by molar-refractivity contribution is 5.60. The lowest BCUT2D eigenvalue weighted by molar-refractivity contribution is 0.398. The molecule has 0 fully saturated rings. The van der Waals surface area contributed by atoms with Gasteiger partial charge in [-0.2, -0.15) is 0 Å². The molecule has 0 aliphatic carbocycles. The van der Waals surface area contributed by atoms with Gasteiger partial charge >= 0.3 is 0 Å². The van der Waals surface area contributed by atoms with Crippen molar-refractivity contribution in [3.8, 4) is 11.5 Å². The lowest BCUT2D eigenvalue weighted by Gasteiger charge is -2.12. The Kier molecular flexibility index (Phi) is 4.18. The third kappa shape index (κ3) is 2.50. The summed E-state index contributed by atoms with van der Waals surface area (Å²) in [6, 6.07) is 3.86. The fourth-order valence-electron chi connectivity index (χ4n) is 1.49. The van der Waals surface area contributed by atoms with Gasteiger partial charge in [-0.05, 0) is 30.7 Å². The Morgan fingerprint density at radius 2 is 1.93 bits per heavy atom. The van der Waals surface area contributed by atoms with Crippen LogP contribution in [0.25, 0.3) is 6.08 Å². The molecule has 15 heavy (non-hydrogen) atoms. The van der Waals surface area contributed by atoms with Crippen molar-refractivity contribution < 1.29 is 9.47 Å². The van der Waals surface area contributed by atoms with Crippen LogP contribution in [-0.4, -0.2) is 20.8 Å². The molecule has 0 heterocycles. The summed E-state index contributed by atoms with van der Waals surface area (Å²) in [6.45, 7) is 4.32. The van der Waals surface area contributed by atoms with E-state index in [-0.39, 0.29) is 0 Å². The predicted molar refractivity (Wildman–Crippen MR) is 62.4 cm³/mol. The molecular weight excluding hydrogens is 190 g/mol. The molecule has 82 valence electrons. The van der Waals surface area contributed by atoms with Gasteiger partial charge < -0.3 is 15.2 Å². The summed E-state index contributed by atoms with van der Waals surface area (Å²) in [7, 11) is 3.29. The van der Waals surface area contributed by atoms with Gasteiger partial charge in [0.15, 0.2) is 0 Å². The van der Waals surface area contributed by atoms with Gasteiger partial charge in [0.1, 0.15) is 11.5 Å². The van der Waals surface area contributed by atoms with Crippen molar-refractivity contribution >= 4 is 6.08 Å². The first-order chi connectivity index (χ1) is 7.26. The van der Waals surface area contributed by atoms with Crippen molar-refractivity contribution in [2.24, 2.45) is 5.73 Å². The molecule has 1 rings (SSSR count). The molecule has 1 aromatic carbocycles. The van der Waals surface area contributed by atoms with Crippen molar-refractivity contribution in [1.82, 2.24) is 0 Å². The van der Waals surface area contributed by atoms with E-state index < -0.39 is 0 Å². The second kappa shape index (κ2) is 5.41. The maximum atomic E-state index is 5.53. The zero-order chi connectivity index (χ0) is 11.3. The van der Waals surface area contributed by atoms with Crippen LogP contribution < -0.4 is 15.2 Å². The molecule has 0 aromatic heterocycles. The van der Waals surface area contributed by atoms with Gasteiger partial charge in [0.05, 0.1) is 14.2 Å². The largest absolute Gasteiger partial charge is 0.496 e. The van der Waals surface area contributed by atoms with E-state index >= 15 is 0 Å². The number of hydrogen-bond donors (Lipinski definition) is 1. The molecule has 3 heteroatoms. The second-order valence-electron chi connectivity index (χ2n) is 3.15. The predicted octanol–water partition coefficient (Wildman–Crippen LogP) is 1.85. The minimum Gasteiger partial charge on any atom is -0.496 e. The molecule has 0 unspecified atom stereocenters. The van der Waals surface area contributed by atoms with Crippen molar-refractivity contribution in [3.05, 3.63) is 29.8 Å². The summed E-state index contributed by atoms with van der Waals surface area (Å²) >= 11 is 0. The van der Waals surface area contributed by atoms with Crippen LogP contribution in [0.1, 0.15) is 11.1 Å². The topological polar surface area (TPSA) is 44.5 Å². The van der Waals surface area contributed by atoms with Crippen molar-refractivity contribution in [2.75, 3.05) is 20.8 Å². The van der Waals surface area contributed by atoms with E-state index in [9.17, 15) is 0 Å². The maximum absolute atomic E-state index is 5.53. The molecule has 0 bridgehead atoms. The van der Waals surface area contributed by atoms with Crippen LogP contribution >= 0.6 is 0 Å². The summed E-state index contributed by atoms with van der Waals surface area (Å²) in [5, 5.41) is 0. The lowest BCUT2D eigenvalue weighted by atomic mass is 10.1. The van der Waals surface area contributed by atoms with Crippen LogP contribution in [-0.2, 0) is 6.42 Å². The first-order valence-corrected chi connectivity index (χ1v) is 4.84. The molecule has 0 saturated heterocycles. The summed E-state index contributed by atoms with van der Waals surface area (Å²) in [5.41, 5.74) is 7.51. The summed E-state index contributed by atoms with van der Waals surface area (Å²) in [4.78, 5) is 0. The van der Waals surface area contributed by atoms with Gasteiger partial charge in [-0.25, -0.2) is 0 Å². The quantitative estimate of drug-likeness (QED) is 0.801. The maximum Gasteiger partial charge on any atom is 0.126 e. The SMILES string of the molecule is C=Cc1cc(OC)c(CCN)cc1OC. The standard InChI is InChI=1S/C12H17NO2/c1-4-9-7-12(15-3)10(5-6-13)8-11(9)14-2/h4,7-8H,1,5-6,13H2,2-3H3. The molecular formula is C12H17NO2. The van der Waals surface area contributed by atoms with E-state index in [2.05, 4.69) is 6.58 Å². The molecule has 0 aliphatic heterocycles. The number of nitrogens with two attached hydrogens (primary N) is 1. The smallest absolute Gasteiger partial charge is 0.126 e. The lowest BCUT2D eigenvalue weighted by Crippen LogP contribution is -2.05. The summed E-state index contributed by atoms with van der Waals surface area (Å²) in [5.74, 6) is 1.63. The number of methoxy groups -OCH3 is 2. The van der Waals surface area contributed by atoms with E-state index in [1.165, 1.54) is 0 Å². The zero-order valence-electron chi connectivity index (χ0n) is 9.25. The van der Waals surface area contributed by atoms with E-state index in [0.29, 0.717) is 6.54 Å². The average Bonchev–Trinajstić information content (AvgIpc) is 2.28. The van der Waals surface area contributed by atoms with Crippen molar-refractivity contribution in [3.63, 3.8) is 0 Å². The zero-order valence-corrected chi connectivity index (χ0v) is 9.25. The Morgan fingerprint density at radius 3 is 2.40 bits per heavy atom. The van der Waals surface area contributed by atoms with Crippen LogP contribution in [0.5, 0.6) is 11.5 Å². The molecule has 1 aromatic rings. The average molecular weight is 207 g/mol. The highest BCUT2D eigenvalue weighted by Crippen LogP contribution is 2.29. The minimum absolute atomic E-state index is 0.590. The molecule has 0 atom stereocenters. The van der Waals surface area contributed by atoms with E-state index in [0.717, 1.165) is 29.0 Å². The van der Waals surface area contributed by atoms with E-state index in [1.54, 1.807) is 20.3 Å².